The van der Waals surface area contributed by atoms with Crippen LogP contribution in [0.2, 0.25) is 0 Å². The lowest BCUT2D eigenvalue weighted by atomic mass is 9.95. The molecular weight excluding hydrogens is 280 g/mol. The van der Waals surface area contributed by atoms with Gasteiger partial charge in [0.2, 0.25) is 0 Å². The van der Waals surface area contributed by atoms with Crippen molar-refractivity contribution in [1.82, 2.24) is 0 Å². The van der Waals surface area contributed by atoms with E-state index in [4.69, 9.17) is 0 Å². The third kappa shape index (κ3) is 4.06. The Morgan fingerprint density at radius 1 is 0.636 bits per heavy atom. The van der Waals surface area contributed by atoms with Crippen molar-refractivity contribution in [3.8, 4) is 0 Å². The summed E-state index contributed by atoms with van der Waals surface area (Å²) in [6.07, 6.45) is 0.176. The Labute approximate surface area is 128 Å². The molecule has 0 heterocycles. The van der Waals surface area contributed by atoms with E-state index in [1.54, 1.807) is 48.5 Å². The van der Waals surface area contributed by atoms with Crippen LogP contribution in [0.25, 0.3) is 0 Å². The van der Waals surface area contributed by atoms with Crippen LogP contribution in [0.5, 0.6) is 0 Å². The number of aliphatic carboxylic acids is 2. The molecule has 0 aromatic heterocycles. The second-order valence-electron chi connectivity index (χ2n) is 4.89. The molecule has 2 aromatic rings. The first-order valence-corrected chi connectivity index (χ1v) is 6.84. The first-order chi connectivity index (χ1) is 10.6. The number of hydrogen-bond acceptors (Lipinski definition) is 2. The molecule has 0 aliphatic heterocycles. The van der Waals surface area contributed by atoms with Crippen LogP contribution in [0.15, 0.2) is 71.8 Å². The fraction of sp³-hybridized carbons (Fsp3) is 0.111. The van der Waals surface area contributed by atoms with Crippen LogP contribution in [0, 0.1) is 0 Å². The Kier molecular flexibility index (Phi) is 5.09. The normalized spacial score (nSPS) is 11.6. The highest BCUT2D eigenvalue weighted by Crippen LogP contribution is 2.17. The first kappa shape index (κ1) is 15.5. The minimum atomic E-state index is -1.20. The minimum Gasteiger partial charge on any atom is -0.478 e. The van der Waals surface area contributed by atoms with Crippen molar-refractivity contribution in [3.63, 3.8) is 0 Å². The zero-order valence-electron chi connectivity index (χ0n) is 11.9. The van der Waals surface area contributed by atoms with Gasteiger partial charge >= 0.3 is 11.9 Å². The molecule has 0 atom stereocenters. The summed E-state index contributed by atoms with van der Waals surface area (Å²) in [6, 6.07) is 18.0. The highest BCUT2D eigenvalue weighted by Gasteiger charge is 2.20. The Morgan fingerprint density at radius 3 is 1.23 bits per heavy atom. The highest BCUT2D eigenvalue weighted by molar-refractivity contribution is 5.99. The molecule has 0 aliphatic rings. The number of rotatable bonds is 6. The van der Waals surface area contributed by atoms with Crippen molar-refractivity contribution in [1.29, 1.82) is 0 Å². The van der Waals surface area contributed by atoms with Gasteiger partial charge in [-0.15, -0.1) is 0 Å². The van der Waals surface area contributed by atoms with Crippen molar-refractivity contribution in [3.05, 3.63) is 82.9 Å². The van der Waals surface area contributed by atoms with Gasteiger partial charge in [0.25, 0.3) is 0 Å². The Balaban J connectivity index is 2.39. The van der Waals surface area contributed by atoms with Crippen molar-refractivity contribution >= 4 is 11.9 Å². The molecule has 0 fully saturated rings. The van der Waals surface area contributed by atoms with Gasteiger partial charge in [-0.1, -0.05) is 60.7 Å². The lowest BCUT2D eigenvalue weighted by molar-refractivity contribution is -0.136. The molecule has 0 spiro atoms. The summed E-state index contributed by atoms with van der Waals surface area (Å²) >= 11 is 0. The van der Waals surface area contributed by atoms with Crippen LogP contribution >= 0.6 is 0 Å². The van der Waals surface area contributed by atoms with Gasteiger partial charge in [-0.25, -0.2) is 9.59 Å². The molecule has 2 rings (SSSR count). The zero-order chi connectivity index (χ0) is 15.9. The van der Waals surface area contributed by atoms with Gasteiger partial charge in [-0.05, 0) is 11.1 Å². The second kappa shape index (κ2) is 7.22. The summed E-state index contributed by atoms with van der Waals surface area (Å²) in [6.45, 7) is 0. The van der Waals surface area contributed by atoms with E-state index in [-0.39, 0.29) is 24.0 Å². The standard InChI is InChI=1S/C18H16O4/c19-17(20)15(11-13-7-3-1-4-8-13)16(18(21)22)12-14-9-5-2-6-10-14/h1-10H,11-12H2,(H,19,20)(H,21,22)/b16-15-. The number of benzene rings is 2. The summed E-state index contributed by atoms with van der Waals surface area (Å²) in [4.78, 5) is 23.0. The van der Waals surface area contributed by atoms with Crippen LogP contribution in [-0.2, 0) is 22.4 Å². The summed E-state index contributed by atoms with van der Waals surface area (Å²) in [5, 5.41) is 18.8. The van der Waals surface area contributed by atoms with Crippen LogP contribution in [0.3, 0.4) is 0 Å². The van der Waals surface area contributed by atoms with Crippen molar-refractivity contribution < 1.29 is 19.8 Å². The molecule has 0 radical (unpaired) electrons. The molecule has 22 heavy (non-hydrogen) atoms. The fourth-order valence-corrected chi connectivity index (χ4v) is 2.22. The summed E-state index contributed by atoms with van der Waals surface area (Å²) in [7, 11) is 0. The number of carboxylic acids is 2. The van der Waals surface area contributed by atoms with E-state index in [9.17, 15) is 19.8 Å². The maximum atomic E-state index is 11.5. The largest absolute Gasteiger partial charge is 0.478 e. The third-order valence-corrected chi connectivity index (χ3v) is 3.33. The van der Waals surface area contributed by atoms with Gasteiger partial charge in [0.15, 0.2) is 0 Å². The van der Waals surface area contributed by atoms with Crippen molar-refractivity contribution in [2.45, 2.75) is 12.8 Å². The lowest BCUT2D eigenvalue weighted by Gasteiger charge is -2.09. The summed E-state index contributed by atoms with van der Waals surface area (Å²) in [5.74, 6) is -2.39. The van der Waals surface area contributed by atoms with Crippen molar-refractivity contribution in [2.75, 3.05) is 0 Å². The van der Waals surface area contributed by atoms with Gasteiger partial charge in [0.05, 0.1) is 11.1 Å². The predicted molar refractivity (Wildman–Crippen MR) is 82.6 cm³/mol. The first-order valence-electron chi connectivity index (χ1n) is 6.84. The van der Waals surface area contributed by atoms with Gasteiger partial charge in [-0.3, -0.25) is 0 Å². The number of carboxylic acid groups (broad SMARTS) is 2. The molecule has 112 valence electrons. The molecule has 4 heteroatoms. The van der Waals surface area contributed by atoms with E-state index in [1.807, 2.05) is 12.1 Å². The zero-order valence-corrected chi connectivity index (χ0v) is 11.9. The van der Waals surface area contributed by atoms with Crippen molar-refractivity contribution in [2.24, 2.45) is 0 Å². The van der Waals surface area contributed by atoms with Crippen LogP contribution < -0.4 is 0 Å². The molecule has 4 nitrogen and oxygen atoms in total. The van der Waals surface area contributed by atoms with Gasteiger partial charge in [0.1, 0.15) is 0 Å². The van der Waals surface area contributed by atoms with E-state index in [2.05, 4.69) is 0 Å². The molecule has 0 aliphatic carbocycles. The van der Waals surface area contributed by atoms with Gasteiger partial charge in [-0.2, -0.15) is 0 Å². The molecular formula is C18H16O4. The summed E-state index contributed by atoms with van der Waals surface area (Å²) < 4.78 is 0. The van der Waals surface area contributed by atoms with E-state index in [1.165, 1.54) is 0 Å². The fourth-order valence-electron chi connectivity index (χ4n) is 2.22. The molecule has 0 saturated heterocycles. The monoisotopic (exact) mass is 296 g/mol. The highest BCUT2D eigenvalue weighted by atomic mass is 16.4. The van der Waals surface area contributed by atoms with E-state index < -0.39 is 11.9 Å². The molecule has 0 unspecified atom stereocenters. The Morgan fingerprint density at radius 2 is 0.955 bits per heavy atom. The maximum absolute atomic E-state index is 11.5. The molecule has 2 N–H and O–H groups in total. The molecule has 0 saturated carbocycles. The average molecular weight is 296 g/mol. The quantitative estimate of drug-likeness (QED) is 0.804. The van der Waals surface area contributed by atoms with Gasteiger partial charge in [0, 0.05) is 12.8 Å². The number of carbonyl (C=O) groups is 2. The smallest absolute Gasteiger partial charge is 0.332 e. The Bertz CT molecular complexity index is 626. The number of hydrogen-bond donors (Lipinski definition) is 2. The van der Waals surface area contributed by atoms with E-state index >= 15 is 0 Å². The van der Waals surface area contributed by atoms with E-state index in [0.717, 1.165) is 11.1 Å². The van der Waals surface area contributed by atoms with Crippen LogP contribution in [-0.4, -0.2) is 22.2 Å². The maximum Gasteiger partial charge on any atom is 0.332 e. The van der Waals surface area contributed by atoms with Crippen LogP contribution in [0.4, 0.5) is 0 Å². The molecule has 2 aromatic carbocycles. The average Bonchev–Trinajstić information content (AvgIpc) is 2.52. The Hall–Kier alpha value is -2.88. The molecule has 0 bridgehead atoms. The second-order valence-corrected chi connectivity index (χ2v) is 4.89. The summed E-state index contributed by atoms with van der Waals surface area (Å²) in [5.41, 5.74) is 1.38. The minimum absolute atomic E-state index is 0.0810. The molecule has 0 amide bonds. The topological polar surface area (TPSA) is 74.6 Å². The van der Waals surface area contributed by atoms with Crippen LogP contribution in [0.1, 0.15) is 11.1 Å². The SMILES string of the molecule is O=C(O)/C(Cc1ccccc1)=C(/Cc1ccccc1)C(=O)O. The third-order valence-electron chi connectivity index (χ3n) is 3.33. The van der Waals surface area contributed by atoms with Gasteiger partial charge < -0.3 is 10.2 Å². The predicted octanol–water partition coefficient (Wildman–Crippen LogP) is 2.94. The lowest BCUT2D eigenvalue weighted by Crippen LogP contribution is -2.15. The van der Waals surface area contributed by atoms with E-state index in [0.29, 0.717) is 0 Å².